The molecule has 0 saturated carbocycles. The van der Waals surface area contributed by atoms with Crippen LogP contribution < -0.4 is 15.4 Å². The van der Waals surface area contributed by atoms with Gasteiger partial charge in [0.25, 0.3) is 0 Å². The van der Waals surface area contributed by atoms with E-state index in [1.54, 1.807) is 12.4 Å². The van der Waals surface area contributed by atoms with Gasteiger partial charge in [-0.05, 0) is 68.6 Å². The molecule has 1 fully saturated rings. The SMILES string of the molecule is Cc1cnn(-c2cccc3c(Oc4ncccc4-c4ccnc(NC5CCCNC5)n4)c(C)ccc23)c1. The number of rotatable bonds is 6. The lowest BCUT2D eigenvalue weighted by molar-refractivity contribution is 0.466. The van der Waals surface area contributed by atoms with Crippen LogP contribution in [-0.2, 0) is 0 Å². The Morgan fingerprint density at radius 2 is 1.95 bits per heavy atom. The van der Waals surface area contributed by atoms with Gasteiger partial charge >= 0.3 is 0 Å². The quantitative estimate of drug-likeness (QED) is 0.326. The van der Waals surface area contributed by atoms with E-state index in [0.717, 1.165) is 70.5 Å². The van der Waals surface area contributed by atoms with Crippen molar-refractivity contribution in [2.75, 3.05) is 18.4 Å². The smallest absolute Gasteiger partial charge is 0.228 e. The molecule has 0 spiro atoms. The van der Waals surface area contributed by atoms with E-state index in [-0.39, 0.29) is 0 Å². The summed E-state index contributed by atoms with van der Waals surface area (Å²) in [6.45, 7) is 6.06. The largest absolute Gasteiger partial charge is 0.437 e. The third kappa shape index (κ3) is 4.75. The highest BCUT2D eigenvalue weighted by atomic mass is 16.5. The number of pyridine rings is 1. The summed E-state index contributed by atoms with van der Waals surface area (Å²) >= 11 is 0. The first-order valence-corrected chi connectivity index (χ1v) is 12.6. The van der Waals surface area contributed by atoms with E-state index in [4.69, 9.17) is 9.72 Å². The molecule has 6 rings (SSSR count). The second-order valence-electron chi connectivity index (χ2n) is 9.46. The molecule has 1 aliphatic heterocycles. The molecule has 0 aliphatic carbocycles. The van der Waals surface area contributed by atoms with Crippen molar-refractivity contribution >= 4 is 16.7 Å². The lowest BCUT2D eigenvalue weighted by Gasteiger charge is -2.23. The van der Waals surface area contributed by atoms with Crippen molar-refractivity contribution in [2.24, 2.45) is 0 Å². The number of anilines is 1. The summed E-state index contributed by atoms with van der Waals surface area (Å²) < 4.78 is 8.47. The van der Waals surface area contributed by atoms with Crippen molar-refractivity contribution in [3.63, 3.8) is 0 Å². The molecule has 1 aliphatic rings. The summed E-state index contributed by atoms with van der Waals surface area (Å²) in [5.74, 6) is 1.88. The monoisotopic (exact) mass is 491 g/mol. The maximum Gasteiger partial charge on any atom is 0.228 e. The number of hydrogen-bond acceptors (Lipinski definition) is 7. The number of benzene rings is 2. The van der Waals surface area contributed by atoms with Crippen molar-refractivity contribution in [1.82, 2.24) is 30.0 Å². The molecule has 0 radical (unpaired) electrons. The van der Waals surface area contributed by atoms with Crippen LogP contribution in [0.1, 0.15) is 24.0 Å². The van der Waals surface area contributed by atoms with E-state index in [1.165, 1.54) is 0 Å². The molecule has 0 amide bonds. The summed E-state index contributed by atoms with van der Waals surface area (Å²) in [6.07, 6.45) is 9.65. The molecule has 2 N–H and O–H groups in total. The van der Waals surface area contributed by atoms with Crippen LogP contribution in [0.5, 0.6) is 11.6 Å². The number of nitrogens with zero attached hydrogens (tertiary/aromatic N) is 5. The Labute approximate surface area is 215 Å². The van der Waals surface area contributed by atoms with Gasteiger partial charge in [0.05, 0.1) is 23.1 Å². The number of aryl methyl sites for hydroxylation is 2. The van der Waals surface area contributed by atoms with Gasteiger partial charge in [0.1, 0.15) is 5.75 Å². The summed E-state index contributed by atoms with van der Waals surface area (Å²) in [7, 11) is 0. The first-order chi connectivity index (χ1) is 18.2. The number of ether oxygens (including phenoxy) is 1. The number of hydrogen-bond donors (Lipinski definition) is 2. The molecule has 2 aromatic carbocycles. The van der Waals surface area contributed by atoms with Crippen LogP contribution in [0.3, 0.4) is 0 Å². The standard InChI is InChI=1S/C29H29N7O/c1-19-16-33-36(18-19)26-9-3-7-23-22(26)11-10-20(2)27(23)37-28-24(8-5-14-31-28)25-12-15-32-29(35-25)34-21-6-4-13-30-17-21/h3,5,7-12,14-16,18,21,30H,4,6,13,17H2,1-2H3,(H,32,34,35). The van der Waals surface area contributed by atoms with Gasteiger partial charge in [-0.3, -0.25) is 0 Å². The van der Waals surface area contributed by atoms with E-state index < -0.39 is 0 Å². The highest BCUT2D eigenvalue weighted by Crippen LogP contribution is 2.38. The highest BCUT2D eigenvalue weighted by molar-refractivity contribution is 5.95. The van der Waals surface area contributed by atoms with Crippen molar-refractivity contribution < 1.29 is 4.74 Å². The number of fused-ring (bicyclic) bond motifs is 1. The van der Waals surface area contributed by atoms with Crippen LogP contribution in [0.15, 0.2) is 73.3 Å². The van der Waals surface area contributed by atoms with Gasteiger partial charge in [-0.25, -0.2) is 19.6 Å². The van der Waals surface area contributed by atoms with Gasteiger partial charge in [0.15, 0.2) is 0 Å². The topological polar surface area (TPSA) is 89.8 Å². The zero-order valence-electron chi connectivity index (χ0n) is 21.0. The van der Waals surface area contributed by atoms with Crippen molar-refractivity contribution in [3.8, 4) is 28.6 Å². The summed E-state index contributed by atoms with van der Waals surface area (Å²) in [4.78, 5) is 13.8. The number of piperidine rings is 1. The molecule has 186 valence electrons. The van der Waals surface area contributed by atoms with Crippen molar-refractivity contribution in [1.29, 1.82) is 0 Å². The molecule has 8 heteroatoms. The molecule has 0 bridgehead atoms. The summed E-state index contributed by atoms with van der Waals surface area (Å²) in [5, 5.41) is 13.4. The van der Waals surface area contributed by atoms with E-state index in [2.05, 4.69) is 50.0 Å². The molecule has 1 saturated heterocycles. The Morgan fingerprint density at radius 3 is 2.78 bits per heavy atom. The van der Waals surface area contributed by atoms with Crippen molar-refractivity contribution in [2.45, 2.75) is 32.7 Å². The zero-order chi connectivity index (χ0) is 25.2. The van der Waals surface area contributed by atoms with Crippen LogP contribution in [0, 0.1) is 13.8 Å². The molecule has 37 heavy (non-hydrogen) atoms. The van der Waals surface area contributed by atoms with Crippen LogP contribution >= 0.6 is 0 Å². The fourth-order valence-corrected chi connectivity index (χ4v) is 4.80. The van der Waals surface area contributed by atoms with Gasteiger partial charge in [0.2, 0.25) is 11.8 Å². The molecule has 8 nitrogen and oxygen atoms in total. The van der Waals surface area contributed by atoms with E-state index in [1.807, 2.05) is 55.2 Å². The Bertz CT molecular complexity index is 1560. The number of nitrogens with one attached hydrogen (secondary N) is 2. The number of aromatic nitrogens is 5. The predicted octanol–water partition coefficient (Wildman–Crippen LogP) is 5.45. The molecule has 3 aromatic heterocycles. The predicted molar refractivity (Wildman–Crippen MR) is 145 cm³/mol. The van der Waals surface area contributed by atoms with Gasteiger partial charge < -0.3 is 15.4 Å². The van der Waals surface area contributed by atoms with Crippen LogP contribution in [0.2, 0.25) is 0 Å². The summed E-state index contributed by atoms with van der Waals surface area (Å²) in [6, 6.07) is 16.5. The third-order valence-corrected chi connectivity index (χ3v) is 6.68. The molecule has 1 atom stereocenters. The average molecular weight is 492 g/mol. The van der Waals surface area contributed by atoms with E-state index in [9.17, 15) is 0 Å². The Kier molecular flexibility index (Phi) is 6.24. The minimum atomic E-state index is 0.319. The van der Waals surface area contributed by atoms with Gasteiger partial charge in [-0.15, -0.1) is 0 Å². The third-order valence-electron chi connectivity index (χ3n) is 6.68. The van der Waals surface area contributed by atoms with Gasteiger partial charge in [0, 0.05) is 41.9 Å². The molecule has 5 aromatic rings. The van der Waals surface area contributed by atoms with Crippen LogP contribution in [-0.4, -0.2) is 43.9 Å². The Balaban J connectivity index is 1.37. The molecular formula is C29H29N7O. The molecule has 1 unspecified atom stereocenters. The first kappa shape index (κ1) is 23.1. The highest BCUT2D eigenvalue weighted by Gasteiger charge is 2.17. The van der Waals surface area contributed by atoms with Crippen LogP contribution in [0.4, 0.5) is 5.95 Å². The van der Waals surface area contributed by atoms with Gasteiger partial charge in [-0.2, -0.15) is 5.10 Å². The first-order valence-electron chi connectivity index (χ1n) is 12.6. The minimum Gasteiger partial charge on any atom is -0.437 e. The minimum absolute atomic E-state index is 0.319. The second kappa shape index (κ2) is 9.99. The lowest BCUT2D eigenvalue weighted by atomic mass is 10.0. The Hall–Kier alpha value is -4.30. The summed E-state index contributed by atoms with van der Waals surface area (Å²) in [5.41, 5.74) is 4.70. The van der Waals surface area contributed by atoms with E-state index in [0.29, 0.717) is 17.9 Å². The van der Waals surface area contributed by atoms with Crippen molar-refractivity contribution in [3.05, 3.63) is 84.4 Å². The normalized spacial score (nSPS) is 15.6. The maximum atomic E-state index is 6.56. The molecule has 4 heterocycles. The molecular weight excluding hydrogens is 462 g/mol. The van der Waals surface area contributed by atoms with E-state index >= 15 is 0 Å². The Morgan fingerprint density at radius 1 is 1.00 bits per heavy atom. The van der Waals surface area contributed by atoms with Gasteiger partial charge in [-0.1, -0.05) is 24.3 Å². The fourth-order valence-electron chi connectivity index (χ4n) is 4.80. The zero-order valence-corrected chi connectivity index (χ0v) is 21.0. The maximum absolute atomic E-state index is 6.56. The fraction of sp³-hybridized carbons (Fsp3) is 0.241. The average Bonchev–Trinajstić information content (AvgIpc) is 3.37. The second-order valence-corrected chi connectivity index (χ2v) is 9.46. The lowest BCUT2D eigenvalue weighted by Crippen LogP contribution is -2.38. The van der Waals surface area contributed by atoms with Crippen LogP contribution in [0.25, 0.3) is 27.7 Å².